The monoisotopic (exact) mass is 280 g/mol. The number of piperidine rings is 1. The topological polar surface area (TPSA) is 68.2 Å². The fraction of sp³-hybridized carbons (Fsp3) is 0.714. The summed E-state index contributed by atoms with van der Waals surface area (Å²) in [6.07, 6.45) is 7.89. The van der Waals surface area contributed by atoms with Crippen LogP contribution in [0.5, 0.6) is 0 Å². The van der Waals surface area contributed by atoms with Crippen LogP contribution in [0.4, 0.5) is 0 Å². The molecule has 112 valence electrons. The smallest absolute Gasteiger partial charge is 0.221 e. The Morgan fingerprint density at radius 2 is 2.30 bits per heavy atom. The van der Waals surface area contributed by atoms with Crippen LogP contribution in [0.3, 0.4) is 0 Å². The molecule has 1 fully saturated rings. The van der Waals surface area contributed by atoms with E-state index in [-0.39, 0.29) is 11.3 Å². The lowest BCUT2D eigenvalue weighted by molar-refractivity contribution is -0.122. The molecule has 6 nitrogen and oxygen atoms in total. The zero-order valence-corrected chi connectivity index (χ0v) is 12.1. The number of rotatable bonds is 7. The first kappa shape index (κ1) is 15.0. The van der Waals surface area contributed by atoms with Gasteiger partial charge in [0.25, 0.3) is 0 Å². The van der Waals surface area contributed by atoms with Gasteiger partial charge < -0.3 is 19.9 Å². The van der Waals surface area contributed by atoms with E-state index < -0.39 is 0 Å². The molecule has 0 radical (unpaired) electrons. The van der Waals surface area contributed by atoms with E-state index >= 15 is 0 Å². The molecule has 1 amide bonds. The Labute approximate surface area is 119 Å². The van der Waals surface area contributed by atoms with Crippen molar-refractivity contribution in [3.63, 3.8) is 0 Å². The third-order valence-corrected chi connectivity index (χ3v) is 3.93. The lowest BCUT2D eigenvalue weighted by Gasteiger charge is -2.37. The van der Waals surface area contributed by atoms with Crippen molar-refractivity contribution in [2.24, 2.45) is 5.41 Å². The van der Waals surface area contributed by atoms with E-state index in [1.807, 2.05) is 10.8 Å². The number of amides is 1. The molecule has 0 atom stereocenters. The highest BCUT2D eigenvalue weighted by molar-refractivity contribution is 5.75. The van der Waals surface area contributed by atoms with Crippen LogP contribution in [0.1, 0.15) is 19.3 Å². The van der Waals surface area contributed by atoms with E-state index in [0.717, 1.165) is 25.9 Å². The van der Waals surface area contributed by atoms with Crippen LogP contribution in [-0.4, -0.2) is 48.8 Å². The van der Waals surface area contributed by atoms with Crippen molar-refractivity contribution in [1.82, 2.24) is 20.2 Å². The molecule has 2 N–H and O–H groups in total. The number of aromatic nitrogens is 2. The molecule has 1 aromatic heterocycles. The van der Waals surface area contributed by atoms with Crippen LogP contribution >= 0.6 is 0 Å². The Bertz CT molecular complexity index is 394. The van der Waals surface area contributed by atoms with Crippen LogP contribution in [0, 0.1) is 5.41 Å². The fourth-order valence-corrected chi connectivity index (χ4v) is 2.66. The number of hydrogen-bond acceptors (Lipinski definition) is 4. The molecule has 0 unspecified atom stereocenters. The van der Waals surface area contributed by atoms with Crippen LogP contribution in [-0.2, 0) is 16.1 Å². The lowest BCUT2D eigenvalue weighted by atomic mass is 9.79. The van der Waals surface area contributed by atoms with Crippen molar-refractivity contribution >= 4 is 5.91 Å². The molecule has 6 heteroatoms. The van der Waals surface area contributed by atoms with Gasteiger partial charge >= 0.3 is 0 Å². The normalized spacial score (nSPS) is 17.9. The zero-order chi connectivity index (χ0) is 14.3. The highest BCUT2D eigenvalue weighted by Gasteiger charge is 2.32. The standard InChI is InChI=1S/C14H24N4O2/c1-20-11-14(3-5-15-6-4-14)10-17-13(19)2-8-18-9-7-16-12-18/h7,9,12,15H,2-6,8,10-11H2,1H3,(H,17,19). The van der Waals surface area contributed by atoms with Gasteiger partial charge in [-0.05, 0) is 25.9 Å². The number of methoxy groups -OCH3 is 1. The molecule has 20 heavy (non-hydrogen) atoms. The molecule has 1 aliphatic heterocycles. The Hall–Kier alpha value is -1.40. The summed E-state index contributed by atoms with van der Waals surface area (Å²) in [4.78, 5) is 15.9. The quantitative estimate of drug-likeness (QED) is 0.759. The average molecular weight is 280 g/mol. The number of hydrogen-bond donors (Lipinski definition) is 2. The SMILES string of the molecule is COCC1(CNC(=O)CCn2ccnc2)CCNCC1. The summed E-state index contributed by atoms with van der Waals surface area (Å²) in [6.45, 7) is 4.06. The minimum atomic E-state index is 0.0880. The highest BCUT2D eigenvalue weighted by atomic mass is 16.5. The molecule has 1 aliphatic rings. The lowest BCUT2D eigenvalue weighted by Crippen LogP contribution is -2.47. The largest absolute Gasteiger partial charge is 0.384 e. The molecular weight excluding hydrogens is 256 g/mol. The number of carbonyl (C=O) groups excluding carboxylic acids is 1. The van der Waals surface area contributed by atoms with Crippen LogP contribution < -0.4 is 10.6 Å². The Morgan fingerprint density at radius 1 is 1.50 bits per heavy atom. The number of nitrogens with one attached hydrogen (secondary N) is 2. The summed E-state index contributed by atoms with van der Waals surface area (Å²) in [5.74, 6) is 0.0905. The Balaban J connectivity index is 1.75. The minimum absolute atomic E-state index is 0.0880. The van der Waals surface area contributed by atoms with Gasteiger partial charge in [0.05, 0.1) is 12.9 Å². The molecule has 0 saturated carbocycles. The van der Waals surface area contributed by atoms with Gasteiger partial charge in [0.15, 0.2) is 0 Å². The maximum Gasteiger partial charge on any atom is 0.221 e. The molecule has 1 aromatic rings. The summed E-state index contributed by atoms with van der Waals surface area (Å²) < 4.78 is 7.26. The molecule has 2 heterocycles. The van der Waals surface area contributed by atoms with Crippen molar-refractivity contribution in [3.8, 4) is 0 Å². The third kappa shape index (κ3) is 4.31. The van der Waals surface area contributed by atoms with Crippen LogP contribution in [0.25, 0.3) is 0 Å². The summed E-state index contributed by atoms with van der Waals surface area (Å²) >= 11 is 0. The van der Waals surface area contributed by atoms with Gasteiger partial charge in [-0.15, -0.1) is 0 Å². The Morgan fingerprint density at radius 3 is 2.95 bits per heavy atom. The highest BCUT2D eigenvalue weighted by Crippen LogP contribution is 2.28. The Kier molecular flexibility index (Phi) is 5.55. The summed E-state index contributed by atoms with van der Waals surface area (Å²) in [5, 5.41) is 6.41. The predicted octanol–water partition coefficient (Wildman–Crippen LogP) is 0.406. The van der Waals surface area contributed by atoms with E-state index in [1.54, 1.807) is 19.6 Å². The average Bonchev–Trinajstić information content (AvgIpc) is 2.98. The van der Waals surface area contributed by atoms with Gasteiger partial charge in [-0.2, -0.15) is 0 Å². The van der Waals surface area contributed by atoms with E-state index in [9.17, 15) is 4.79 Å². The van der Waals surface area contributed by atoms with Gasteiger partial charge in [0, 0.05) is 44.4 Å². The predicted molar refractivity (Wildman–Crippen MR) is 76.3 cm³/mol. The summed E-state index contributed by atoms with van der Waals surface area (Å²) in [7, 11) is 1.73. The minimum Gasteiger partial charge on any atom is -0.384 e. The van der Waals surface area contributed by atoms with Crippen LogP contribution in [0.15, 0.2) is 18.7 Å². The van der Waals surface area contributed by atoms with E-state index in [0.29, 0.717) is 26.1 Å². The number of aryl methyl sites for hydroxylation is 1. The molecule has 0 aliphatic carbocycles. The summed E-state index contributed by atoms with van der Waals surface area (Å²) in [6, 6.07) is 0. The van der Waals surface area contributed by atoms with Crippen molar-refractivity contribution in [2.75, 3.05) is 33.4 Å². The number of ether oxygens (including phenoxy) is 1. The van der Waals surface area contributed by atoms with Crippen molar-refractivity contribution in [1.29, 1.82) is 0 Å². The molecule has 0 aromatic carbocycles. The second-order valence-electron chi connectivity index (χ2n) is 5.51. The molecular formula is C14H24N4O2. The van der Waals surface area contributed by atoms with Gasteiger partial charge in [0.2, 0.25) is 5.91 Å². The van der Waals surface area contributed by atoms with Crippen molar-refractivity contribution in [3.05, 3.63) is 18.7 Å². The van der Waals surface area contributed by atoms with Gasteiger partial charge in [0.1, 0.15) is 0 Å². The molecule has 0 spiro atoms. The first-order valence-corrected chi connectivity index (χ1v) is 7.16. The van der Waals surface area contributed by atoms with Crippen LogP contribution in [0.2, 0.25) is 0 Å². The third-order valence-electron chi connectivity index (χ3n) is 3.93. The number of imidazole rings is 1. The summed E-state index contributed by atoms with van der Waals surface area (Å²) in [5.41, 5.74) is 0.0880. The van der Waals surface area contributed by atoms with Gasteiger partial charge in [-0.1, -0.05) is 0 Å². The number of nitrogens with zero attached hydrogens (tertiary/aromatic N) is 2. The van der Waals surface area contributed by atoms with E-state index in [4.69, 9.17) is 4.74 Å². The first-order valence-electron chi connectivity index (χ1n) is 7.16. The van der Waals surface area contributed by atoms with E-state index in [2.05, 4.69) is 15.6 Å². The maximum atomic E-state index is 11.9. The number of carbonyl (C=O) groups is 1. The molecule has 0 bridgehead atoms. The maximum absolute atomic E-state index is 11.9. The second-order valence-corrected chi connectivity index (χ2v) is 5.51. The molecule has 2 rings (SSSR count). The second kappa shape index (κ2) is 7.40. The van der Waals surface area contributed by atoms with E-state index in [1.165, 1.54) is 0 Å². The van der Waals surface area contributed by atoms with Gasteiger partial charge in [-0.25, -0.2) is 4.98 Å². The first-order chi connectivity index (χ1) is 9.74. The fourth-order valence-electron chi connectivity index (χ4n) is 2.66. The van der Waals surface area contributed by atoms with Gasteiger partial charge in [-0.3, -0.25) is 4.79 Å². The zero-order valence-electron chi connectivity index (χ0n) is 12.1. The molecule has 1 saturated heterocycles. The van der Waals surface area contributed by atoms with Crippen molar-refractivity contribution < 1.29 is 9.53 Å². The van der Waals surface area contributed by atoms with Crippen molar-refractivity contribution in [2.45, 2.75) is 25.8 Å².